The van der Waals surface area contributed by atoms with E-state index in [9.17, 15) is 31.5 Å². The molecule has 1 aliphatic heterocycles. The van der Waals surface area contributed by atoms with Gasteiger partial charge in [-0.25, -0.2) is 4.39 Å². The van der Waals surface area contributed by atoms with Gasteiger partial charge in [-0.15, -0.1) is 0 Å². The van der Waals surface area contributed by atoms with Crippen LogP contribution in [0.3, 0.4) is 0 Å². The van der Waals surface area contributed by atoms with Gasteiger partial charge in [-0.2, -0.15) is 17.6 Å². The fourth-order valence-corrected chi connectivity index (χ4v) is 4.13. The lowest BCUT2D eigenvalue weighted by molar-refractivity contribution is -0.272. The number of methoxy groups -OCH3 is 1. The molecule has 13 heteroatoms. The van der Waals surface area contributed by atoms with E-state index in [0.29, 0.717) is 0 Å². The number of amides is 2. The number of rotatable bonds is 5. The normalized spacial score (nSPS) is 24.7. The largest absolute Gasteiger partial charge is 0.493 e. The number of hydrogen-bond donors (Lipinski definition) is 2. The van der Waals surface area contributed by atoms with Gasteiger partial charge in [-0.1, -0.05) is 18.5 Å². The number of nitrogens with two attached hydrogens (primary N) is 1. The molecular weight excluding hydrogens is 489 g/mol. The van der Waals surface area contributed by atoms with E-state index in [1.54, 1.807) is 0 Å². The fourth-order valence-electron chi connectivity index (χ4n) is 3.93. The number of carbonyl (C=O) groups excluding carboxylic acids is 2. The second-order valence-electron chi connectivity index (χ2n) is 7.85. The van der Waals surface area contributed by atoms with Crippen LogP contribution in [-0.2, 0) is 9.53 Å². The molecule has 2 amide bonds. The number of benzene rings is 1. The highest BCUT2D eigenvalue weighted by atomic mass is 35.5. The van der Waals surface area contributed by atoms with E-state index in [4.69, 9.17) is 26.8 Å². The van der Waals surface area contributed by atoms with Gasteiger partial charge in [0.25, 0.3) is 11.8 Å². The second kappa shape index (κ2) is 8.99. The number of nitrogens with zero attached hydrogens (tertiary/aromatic N) is 1. The molecule has 34 heavy (non-hydrogen) atoms. The van der Waals surface area contributed by atoms with Crippen LogP contribution < -0.4 is 15.8 Å². The van der Waals surface area contributed by atoms with Gasteiger partial charge in [0.15, 0.2) is 17.2 Å². The number of carbonyl (C=O) groups is 2. The Kier molecular flexibility index (Phi) is 6.78. The molecular formula is C21H19ClF5N3O4. The maximum atomic E-state index is 14.5. The van der Waals surface area contributed by atoms with E-state index < -0.39 is 63.9 Å². The third kappa shape index (κ3) is 4.27. The summed E-state index contributed by atoms with van der Waals surface area (Å²) in [5, 5.41) is 1.64. The fraction of sp³-hybridized carbons (Fsp3) is 0.381. The Labute approximate surface area is 195 Å². The SMILES string of the molecule is COc1c([C@@H]2[C@H](C(=O)Nc3ccnc(C(N)=O)c3)O[C@@](C)(C(F)(F)F)[C@H]2C)cc(Cl)c(F)c1F. The van der Waals surface area contributed by atoms with Crippen molar-refractivity contribution >= 4 is 29.1 Å². The zero-order valence-corrected chi connectivity index (χ0v) is 18.7. The van der Waals surface area contributed by atoms with Crippen LogP contribution >= 0.6 is 11.6 Å². The Balaban J connectivity index is 2.12. The lowest BCUT2D eigenvalue weighted by Crippen LogP contribution is -2.47. The monoisotopic (exact) mass is 507 g/mol. The summed E-state index contributed by atoms with van der Waals surface area (Å²) in [7, 11) is 0.996. The van der Waals surface area contributed by atoms with Gasteiger partial charge in [-0.05, 0) is 25.1 Å². The first-order chi connectivity index (χ1) is 15.7. The number of primary amides is 1. The highest BCUT2D eigenvalue weighted by Crippen LogP contribution is 2.55. The molecule has 0 radical (unpaired) electrons. The standard InChI is InChI=1S/C21H19ClF5N3O4/c1-8-13(10-7-11(22)14(23)15(24)16(10)33-3)17(34-20(8,2)21(25,26)27)19(32)30-9-4-5-29-12(6-9)18(28)31/h4-8,13,17H,1-3H3,(H2,28,31)(H,29,30,32)/t8-,13+,17+,20+/m0/s1. The van der Waals surface area contributed by atoms with Crippen LogP contribution in [0.25, 0.3) is 0 Å². The minimum Gasteiger partial charge on any atom is -0.493 e. The molecule has 0 bridgehead atoms. The maximum absolute atomic E-state index is 14.5. The number of aromatic nitrogens is 1. The van der Waals surface area contributed by atoms with Crippen LogP contribution in [0.1, 0.15) is 35.8 Å². The smallest absolute Gasteiger partial charge is 0.417 e. The van der Waals surface area contributed by atoms with Gasteiger partial charge in [0, 0.05) is 29.3 Å². The molecule has 0 spiro atoms. The van der Waals surface area contributed by atoms with Crippen molar-refractivity contribution in [2.75, 3.05) is 12.4 Å². The summed E-state index contributed by atoms with van der Waals surface area (Å²) in [6.45, 7) is 1.92. The molecule has 184 valence electrons. The minimum absolute atomic E-state index is 0.000279. The number of anilines is 1. The van der Waals surface area contributed by atoms with E-state index >= 15 is 0 Å². The molecule has 3 rings (SSSR count). The maximum Gasteiger partial charge on any atom is 0.417 e. The van der Waals surface area contributed by atoms with Gasteiger partial charge in [0.2, 0.25) is 5.82 Å². The number of pyridine rings is 1. The Morgan fingerprint density at radius 1 is 1.26 bits per heavy atom. The van der Waals surface area contributed by atoms with Crippen molar-refractivity contribution in [3.05, 3.63) is 52.3 Å². The number of halogens is 6. The molecule has 4 atom stereocenters. The molecule has 0 unspecified atom stereocenters. The second-order valence-corrected chi connectivity index (χ2v) is 8.26. The number of alkyl halides is 3. The summed E-state index contributed by atoms with van der Waals surface area (Å²) in [5.41, 5.74) is 1.83. The molecule has 2 aromatic rings. The van der Waals surface area contributed by atoms with Gasteiger partial charge >= 0.3 is 6.18 Å². The van der Waals surface area contributed by atoms with Crippen LogP contribution in [0.15, 0.2) is 24.4 Å². The molecule has 0 aliphatic carbocycles. The average Bonchev–Trinajstić information content (AvgIpc) is 3.04. The summed E-state index contributed by atoms with van der Waals surface area (Å²) in [6.07, 6.45) is -5.60. The Morgan fingerprint density at radius 3 is 2.47 bits per heavy atom. The third-order valence-corrected chi connectivity index (χ3v) is 6.19. The number of hydrogen-bond acceptors (Lipinski definition) is 5. The number of ether oxygens (including phenoxy) is 2. The highest BCUT2D eigenvalue weighted by Gasteiger charge is 2.66. The molecule has 7 nitrogen and oxygen atoms in total. The lowest BCUT2D eigenvalue weighted by Gasteiger charge is -2.32. The average molecular weight is 508 g/mol. The van der Waals surface area contributed by atoms with E-state index in [0.717, 1.165) is 39.3 Å². The molecule has 1 fully saturated rings. The molecule has 2 heterocycles. The van der Waals surface area contributed by atoms with E-state index in [-0.39, 0.29) is 16.9 Å². The van der Waals surface area contributed by atoms with Gasteiger partial charge in [0.1, 0.15) is 11.8 Å². The quantitative estimate of drug-likeness (QED) is 0.466. The first-order valence-electron chi connectivity index (χ1n) is 9.75. The minimum atomic E-state index is -4.93. The molecule has 3 N–H and O–H groups in total. The van der Waals surface area contributed by atoms with Crippen molar-refractivity contribution in [1.82, 2.24) is 4.98 Å². The molecule has 1 aromatic carbocycles. The first kappa shape index (κ1) is 25.6. The van der Waals surface area contributed by atoms with Crippen molar-refractivity contribution < 1.29 is 41.0 Å². The summed E-state index contributed by atoms with van der Waals surface area (Å²) >= 11 is 5.75. The van der Waals surface area contributed by atoms with Crippen molar-refractivity contribution in [2.24, 2.45) is 11.7 Å². The van der Waals surface area contributed by atoms with Crippen LogP contribution in [0.2, 0.25) is 5.02 Å². The van der Waals surface area contributed by atoms with Gasteiger partial charge in [0.05, 0.1) is 12.1 Å². The molecule has 1 saturated heterocycles. The van der Waals surface area contributed by atoms with Crippen molar-refractivity contribution in [2.45, 2.75) is 37.6 Å². The third-order valence-electron chi connectivity index (χ3n) is 5.92. The van der Waals surface area contributed by atoms with E-state index in [2.05, 4.69) is 10.3 Å². The van der Waals surface area contributed by atoms with Crippen LogP contribution in [0.5, 0.6) is 5.75 Å². The van der Waals surface area contributed by atoms with E-state index in [1.165, 1.54) is 6.07 Å². The van der Waals surface area contributed by atoms with Crippen molar-refractivity contribution in [1.29, 1.82) is 0 Å². The summed E-state index contributed by atoms with van der Waals surface area (Å²) in [4.78, 5) is 28.1. The van der Waals surface area contributed by atoms with Gasteiger partial charge < -0.3 is 20.5 Å². The lowest BCUT2D eigenvalue weighted by atomic mass is 9.77. The molecule has 0 saturated carbocycles. The van der Waals surface area contributed by atoms with Crippen LogP contribution in [0.4, 0.5) is 27.6 Å². The topological polar surface area (TPSA) is 104 Å². The summed E-state index contributed by atoms with van der Waals surface area (Å²) < 4.78 is 80.7. The molecule has 1 aromatic heterocycles. The Hall–Kier alpha value is -2.99. The van der Waals surface area contributed by atoms with Crippen LogP contribution in [-0.4, -0.2) is 41.8 Å². The van der Waals surface area contributed by atoms with Crippen LogP contribution in [0, 0.1) is 17.6 Å². The predicted molar refractivity (Wildman–Crippen MR) is 111 cm³/mol. The molecule has 1 aliphatic rings. The van der Waals surface area contributed by atoms with E-state index in [1.807, 2.05) is 0 Å². The predicted octanol–water partition coefficient (Wildman–Crippen LogP) is 4.20. The zero-order valence-electron chi connectivity index (χ0n) is 18.0. The Morgan fingerprint density at radius 2 is 1.91 bits per heavy atom. The highest BCUT2D eigenvalue weighted by molar-refractivity contribution is 6.30. The summed E-state index contributed by atoms with van der Waals surface area (Å²) in [6, 6.07) is 3.30. The van der Waals surface area contributed by atoms with Gasteiger partial charge in [-0.3, -0.25) is 14.6 Å². The number of nitrogens with one attached hydrogen (secondary N) is 1. The summed E-state index contributed by atoms with van der Waals surface area (Å²) in [5.74, 6) is -8.53. The Bertz CT molecular complexity index is 1150. The zero-order chi connectivity index (χ0) is 25.6. The first-order valence-corrected chi connectivity index (χ1v) is 10.1. The van der Waals surface area contributed by atoms with Crippen molar-refractivity contribution in [3.8, 4) is 5.75 Å². The van der Waals surface area contributed by atoms with Crippen molar-refractivity contribution in [3.63, 3.8) is 0 Å².